The van der Waals surface area contributed by atoms with E-state index in [-0.39, 0.29) is 12.0 Å². The minimum Gasteiger partial charge on any atom is -0.464 e. The van der Waals surface area contributed by atoms with Crippen LogP contribution < -0.4 is 4.74 Å². The van der Waals surface area contributed by atoms with Gasteiger partial charge in [0, 0.05) is 11.5 Å². The molecule has 0 aliphatic heterocycles. The summed E-state index contributed by atoms with van der Waals surface area (Å²) < 4.78 is 10.7. The van der Waals surface area contributed by atoms with E-state index in [1.807, 2.05) is 30.3 Å². The van der Waals surface area contributed by atoms with Crippen molar-refractivity contribution in [1.29, 1.82) is 0 Å². The van der Waals surface area contributed by atoms with Crippen LogP contribution in [0, 0.1) is 5.92 Å². The second-order valence-electron chi connectivity index (χ2n) is 7.41. The lowest BCUT2D eigenvalue weighted by atomic mass is 10.00. The summed E-state index contributed by atoms with van der Waals surface area (Å²) in [6.07, 6.45) is 0.792. The Morgan fingerprint density at radius 2 is 1.77 bits per heavy atom. The minimum atomic E-state index is -0.0354. The Bertz CT molecular complexity index is 1190. The first-order valence-electron chi connectivity index (χ1n) is 9.78. The fourth-order valence-corrected chi connectivity index (χ4v) is 3.86. The molecule has 1 saturated carbocycles. The van der Waals surface area contributed by atoms with Crippen LogP contribution in [-0.4, -0.2) is 29.2 Å². The maximum Gasteiger partial charge on any atom is 0.294 e. The van der Waals surface area contributed by atoms with Crippen molar-refractivity contribution in [3.8, 4) is 28.3 Å². The average molecular weight is 419 g/mol. The zero-order chi connectivity index (χ0) is 20.5. The molecule has 0 saturated heterocycles. The first kappa shape index (κ1) is 18.7. The highest BCUT2D eigenvalue weighted by molar-refractivity contribution is 6.34. The summed E-state index contributed by atoms with van der Waals surface area (Å²) in [5, 5.41) is 0.645. The van der Waals surface area contributed by atoms with E-state index >= 15 is 0 Å². The van der Waals surface area contributed by atoms with E-state index in [9.17, 15) is 4.79 Å². The van der Waals surface area contributed by atoms with Gasteiger partial charge in [-0.3, -0.25) is 4.79 Å². The van der Waals surface area contributed by atoms with Gasteiger partial charge in [-0.25, -0.2) is 0 Å². The van der Waals surface area contributed by atoms with Gasteiger partial charge < -0.3 is 14.5 Å². The first-order chi connectivity index (χ1) is 14.7. The van der Waals surface area contributed by atoms with E-state index in [4.69, 9.17) is 21.1 Å². The molecule has 0 bridgehead atoms. The number of hydrogen-bond acceptors (Lipinski definition) is 4. The molecule has 1 aliphatic carbocycles. The number of hydrogen-bond donors (Lipinski definition) is 1. The van der Waals surface area contributed by atoms with E-state index in [2.05, 4.69) is 46.4 Å². The maximum absolute atomic E-state index is 10.4. The summed E-state index contributed by atoms with van der Waals surface area (Å²) in [5.74, 6) is 0.227. The van der Waals surface area contributed by atoms with Gasteiger partial charge in [0.2, 0.25) is 0 Å². The predicted octanol–water partition coefficient (Wildman–Crippen LogP) is 5.49. The molecule has 0 spiro atoms. The lowest BCUT2D eigenvalue weighted by Crippen LogP contribution is -2.05. The number of H-pyrrole nitrogens is 1. The topological polar surface area (TPSA) is 64.2 Å². The highest BCUT2D eigenvalue weighted by Crippen LogP contribution is 2.35. The molecule has 1 heterocycles. The maximum atomic E-state index is 10.4. The van der Waals surface area contributed by atoms with Crippen molar-refractivity contribution in [2.45, 2.75) is 12.5 Å². The molecule has 5 rings (SSSR count). The van der Waals surface area contributed by atoms with E-state index in [1.165, 1.54) is 5.56 Å². The van der Waals surface area contributed by atoms with Crippen LogP contribution in [-0.2, 0) is 9.53 Å². The molecule has 3 aromatic carbocycles. The lowest BCUT2D eigenvalue weighted by Gasteiger charge is -2.07. The molecule has 0 amide bonds. The summed E-state index contributed by atoms with van der Waals surface area (Å²) in [7, 11) is 0. The summed E-state index contributed by atoms with van der Waals surface area (Å²) in [5.41, 5.74) is 5.88. The third-order valence-corrected chi connectivity index (χ3v) is 5.69. The number of nitrogens with one attached hydrogen (secondary N) is 1. The molecule has 150 valence electrons. The van der Waals surface area contributed by atoms with Crippen LogP contribution in [0.4, 0.5) is 0 Å². The number of carbonyl (C=O) groups excluding carboxylic acids is 1. The highest BCUT2D eigenvalue weighted by Gasteiger charge is 2.40. The quantitative estimate of drug-likeness (QED) is 0.403. The SMILES string of the molecule is O=COC1CC1COc1nc2cc(-c3ccc(-c4ccccc4)cc3)c(Cl)cc2[nH]1. The van der Waals surface area contributed by atoms with Crippen molar-refractivity contribution in [1.82, 2.24) is 9.97 Å². The average Bonchev–Trinajstić information content (AvgIpc) is 3.40. The van der Waals surface area contributed by atoms with Crippen LogP contribution in [0.2, 0.25) is 5.02 Å². The number of fused-ring (bicyclic) bond motifs is 1. The smallest absolute Gasteiger partial charge is 0.294 e. The van der Waals surface area contributed by atoms with Gasteiger partial charge in [0.25, 0.3) is 12.5 Å². The van der Waals surface area contributed by atoms with Crippen LogP contribution in [0.25, 0.3) is 33.3 Å². The van der Waals surface area contributed by atoms with Crippen molar-refractivity contribution < 1.29 is 14.3 Å². The molecule has 2 unspecified atom stereocenters. The van der Waals surface area contributed by atoms with Crippen molar-refractivity contribution in [3.05, 3.63) is 71.8 Å². The minimum absolute atomic E-state index is 0.0354. The molecule has 5 nitrogen and oxygen atoms in total. The van der Waals surface area contributed by atoms with Gasteiger partial charge in [-0.15, -0.1) is 0 Å². The number of aromatic nitrogens is 2. The third kappa shape index (κ3) is 3.76. The Morgan fingerprint density at radius 3 is 2.53 bits per heavy atom. The molecule has 2 atom stereocenters. The zero-order valence-corrected chi connectivity index (χ0v) is 16.8. The first-order valence-corrected chi connectivity index (χ1v) is 10.2. The van der Waals surface area contributed by atoms with Gasteiger partial charge in [0.15, 0.2) is 0 Å². The Hall–Kier alpha value is -3.31. The van der Waals surface area contributed by atoms with Crippen molar-refractivity contribution in [2.75, 3.05) is 6.61 Å². The number of benzene rings is 3. The van der Waals surface area contributed by atoms with Gasteiger partial charge >= 0.3 is 0 Å². The molecular weight excluding hydrogens is 400 g/mol. The number of halogens is 1. The molecule has 4 aromatic rings. The number of imidazole rings is 1. The Labute approximate surface area is 178 Å². The number of rotatable bonds is 7. The number of ether oxygens (including phenoxy) is 2. The van der Waals surface area contributed by atoms with E-state index < -0.39 is 0 Å². The second-order valence-corrected chi connectivity index (χ2v) is 7.82. The van der Waals surface area contributed by atoms with Gasteiger partial charge in [-0.1, -0.05) is 66.2 Å². The normalized spacial score (nSPS) is 17.6. The van der Waals surface area contributed by atoms with Crippen LogP contribution in [0.1, 0.15) is 6.42 Å². The van der Waals surface area contributed by atoms with Crippen LogP contribution in [0.3, 0.4) is 0 Å². The summed E-state index contributed by atoms with van der Waals surface area (Å²) in [6, 6.07) is 22.9. The Kier molecular flexibility index (Phi) is 4.89. The monoisotopic (exact) mass is 418 g/mol. The van der Waals surface area contributed by atoms with Crippen molar-refractivity contribution in [3.63, 3.8) is 0 Å². The second kappa shape index (κ2) is 7.84. The zero-order valence-electron chi connectivity index (χ0n) is 16.0. The van der Waals surface area contributed by atoms with E-state index in [0.717, 1.165) is 34.1 Å². The fourth-order valence-electron chi connectivity index (χ4n) is 3.59. The predicted molar refractivity (Wildman–Crippen MR) is 117 cm³/mol. The van der Waals surface area contributed by atoms with Crippen molar-refractivity contribution >= 4 is 29.1 Å². The van der Waals surface area contributed by atoms with Gasteiger partial charge in [0.05, 0.1) is 22.7 Å². The van der Waals surface area contributed by atoms with Crippen LogP contribution in [0.5, 0.6) is 6.01 Å². The summed E-state index contributed by atoms with van der Waals surface area (Å²) in [6.45, 7) is 0.946. The molecule has 30 heavy (non-hydrogen) atoms. The van der Waals surface area contributed by atoms with Gasteiger partial charge in [0.1, 0.15) is 6.10 Å². The molecule has 0 radical (unpaired) electrons. The van der Waals surface area contributed by atoms with Gasteiger partial charge in [-0.2, -0.15) is 4.98 Å². The third-order valence-electron chi connectivity index (χ3n) is 5.37. The highest BCUT2D eigenvalue weighted by atomic mass is 35.5. The Balaban J connectivity index is 1.36. The molecule has 6 heteroatoms. The van der Waals surface area contributed by atoms with Gasteiger partial charge in [-0.05, 0) is 35.2 Å². The number of nitrogens with zero attached hydrogens (tertiary/aromatic N) is 1. The fraction of sp³-hybridized carbons (Fsp3) is 0.167. The number of carbonyl (C=O) groups is 1. The van der Waals surface area contributed by atoms with E-state index in [1.54, 1.807) is 0 Å². The molecule has 1 fully saturated rings. The molecular formula is C24H19ClN2O3. The summed E-state index contributed by atoms with van der Waals surface area (Å²) >= 11 is 6.56. The standard InChI is InChI=1S/C24H19ClN2O3/c25-20-12-22-21(26-24(27-22)29-13-18-10-23(18)30-14-28)11-19(20)17-8-6-16(7-9-17)15-4-2-1-3-5-15/h1-9,11-12,14,18,23H,10,13H2,(H,26,27). The van der Waals surface area contributed by atoms with Crippen molar-refractivity contribution in [2.24, 2.45) is 5.92 Å². The van der Waals surface area contributed by atoms with Crippen LogP contribution in [0.15, 0.2) is 66.7 Å². The summed E-state index contributed by atoms with van der Waals surface area (Å²) in [4.78, 5) is 18.0. The molecule has 1 N–H and O–H groups in total. The molecule has 1 aromatic heterocycles. The Morgan fingerprint density at radius 1 is 1.03 bits per heavy atom. The largest absolute Gasteiger partial charge is 0.464 e. The number of aromatic amines is 1. The molecule has 1 aliphatic rings. The van der Waals surface area contributed by atoms with E-state index in [0.29, 0.717) is 24.1 Å². The van der Waals surface area contributed by atoms with Crippen LogP contribution >= 0.6 is 11.6 Å². The lowest BCUT2D eigenvalue weighted by molar-refractivity contribution is -0.130.